The summed E-state index contributed by atoms with van der Waals surface area (Å²) in [4.78, 5) is 4.43. The average Bonchev–Trinajstić information content (AvgIpc) is 2.92. The molecule has 0 aliphatic carbocycles. The van der Waals surface area contributed by atoms with Crippen molar-refractivity contribution in [2.45, 2.75) is 0 Å². The van der Waals surface area contributed by atoms with Gasteiger partial charge in [-0.1, -0.05) is 49.1 Å². The van der Waals surface area contributed by atoms with Crippen molar-refractivity contribution in [2.24, 2.45) is 0 Å². The molecular weight excluding hydrogens is 466 g/mol. The predicted molar refractivity (Wildman–Crippen MR) is 92.7 cm³/mol. The summed E-state index contributed by atoms with van der Waals surface area (Å²) in [5.41, 5.74) is 8.16. The second-order valence-electron chi connectivity index (χ2n) is 4.25. The van der Waals surface area contributed by atoms with Crippen LogP contribution in [0.4, 0.5) is 5.69 Å². The Morgan fingerprint density at radius 1 is 0.952 bits per heavy atom. The van der Waals surface area contributed by atoms with Gasteiger partial charge in [0.05, 0.1) is 11.3 Å². The zero-order chi connectivity index (χ0) is 15.0. The molecule has 0 spiro atoms. The van der Waals surface area contributed by atoms with Crippen molar-refractivity contribution >= 4 is 53.5 Å². The Hall–Kier alpha value is -1.18. The summed E-state index contributed by atoms with van der Waals surface area (Å²) in [6, 6.07) is 11.4. The van der Waals surface area contributed by atoms with Gasteiger partial charge in [0, 0.05) is 19.0 Å². The van der Waals surface area contributed by atoms with Crippen LogP contribution in [0.1, 0.15) is 0 Å². The third kappa shape index (κ3) is 2.90. The van der Waals surface area contributed by atoms with Crippen molar-refractivity contribution in [1.82, 2.24) is 10.1 Å². The van der Waals surface area contributed by atoms with E-state index in [9.17, 15) is 0 Å². The van der Waals surface area contributed by atoms with Crippen LogP contribution in [-0.2, 0) is 0 Å². The van der Waals surface area contributed by atoms with Gasteiger partial charge in [-0.3, -0.25) is 0 Å². The minimum Gasteiger partial charge on any atom is -0.397 e. The number of nitrogens with zero attached hydrogens (tertiary/aromatic N) is 2. The molecule has 1 aromatic heterocycles. The number of aromatic nitrogens is 2. The van der Waals surface area contributed by atoms with E-state index in [0.717, 1.165) is 19.0 Å². The zero-order valence-electron chi connectivity index (χ0n) is 10.5. The minimum atomic E-state index is 0.375. The summed E-state index contributed by atoms with van der Waals surface area (Å²) in [5.74, 6) is 0.883. The molecule has 21 heavy (non-hydrogen) atoms. The topological polar surface area (TPSA) is 64.9 Å². The molecule has 0 fully saturated rings. The van der Waals surface area contributed by atoms with E-state index in [0.29, 0.717) is 23.0 Å². The van der Waals surface area contributed by atoms with Gasteiger partial charge in [0.1, 0.15) is 0 Å². The highest BCUT2D eigenvalue weighted by molar-refractivity contribution is 9.11. The van der Waals surface area contributed by atoms with Crippen LogP contribution in [0.2, 0.25) is 0 Å². The molecule has 3 aromatic rings. The molecule has 0 unspecified atom stereocenters. The van der Waals surface area contributed by atoms with Gasteiger partial charge in [-0.2, -0.15) is 4.98 Å². The summed E-state index contributed by atoms with van der Waals surface area (Å²) >= 11 is 10.3. The molecule has 7 heteroatoms. The molecule has 0 aliphatic heterocycles. The Kier molecular flexibility index (Phi) is 4.14. The molecular formula is C14H8Br3N3O. The molecule has 0 aliphatic rings. The van der Waals surface area contributed by atoms with Crippen molar-refractivity contribution in [3.8, 4) is 22.8 Å². The lowest BCUT2D eigenvalue weighted by molar-refractivity contribution is 0.432. The van der Waals surface area contributed by atoms with E-state index in [1.165, 1.54) is 0 Å². The molecule has 2 N–H and O–H groups in total. The van der Waals surface area contributed by atoms with Crippen molar-refractivity contribution in [1.29, 1.82) is 0 Å². The number of nitrogens with two attached hydrogens (primary N) is 1. The quantitative estimate of drug-likeness (QED) is 0.515. The predicted octanol–water partition coefficient (Wildman–Crippen LogP) is 5.27. The van der Waals surface area contributed by atoms with Crippen LogP contribution in [0.3, 0.4) is 0 Å². The maximum Gasteiger partial charge on any atom is 0.260 e. The highest BCUT2D eigenvalue weighted by atomic mass is 79.9. The Morgan fingerprint density at radius 3 is 2.48 bits per heavy atom. The summed E-state index contributed by atoms with van der Waals surface area (Å²) in [6.07, 6.45) is 0. The molecule has 0 radical (unpaired) electrons. The molecule has 0 amide bonds. The SMILES string of the molecule is Nc1c(Br)cc(Br)cc1-c1nc(-c2ccccc2Br)no1. The number of hydrogen-bond donors (Lipinski definition) is 1. The Balaban J connectivity index is 2.09. The maximum absolute atomic E-state index is 6.06. The number of benzene rings is 2. The first-order valence-electron chi connectivity index (χ1n) is 5.90. The van der Waals surface area contributed by atoms with Gasteiger partial charge in [-0.25, -0.2) is 0 Å². The van der Waals surface area contributed by atoms with E-state index < -0.39 is 0 Å². The summed E-state index contributed by atoms with van der Waals surface area (Å²) in [5, 5.41) is 4.02. The third-order valence-corrected chi connectivity index (χ3v) is 4.67. The van der Waals surface area contributed by atoms with Gasteiger partial charge in [0.25, 0.3) is 5.89 Å². The molecule has 2 aromatic carbocycles. The molecule has 0 atom stereocenters. The summed E-state index contributed by atoms with van der Waals surface area (Å²) < 4.78 is 7.90. The van der Waals surface area contributed by atoms with Gasteiger partial charge in [-0.15, -0.1) is 0 Å². The van der Waals surface area contributed by atoms with E-state index in [1.54, 1.807) is 0 Å². The maximum atomic E-state index is 6.06. The first kappa shape index (κ1) is 14.7. The number of hydrogen-bond acceptors (Lipinski definition) is 4. The van der Waals surface area contributed by atoms with E-state index in [4.69, 9.17) is 10.3 Å². The first-order chi connectivity index (χ1) is 10.1. The van der Waals surface area contributed by atoms with Gasteiger partial charge in [0.2, 0.25) is 5.82 Å². The van der Waals surface area contributed by atoms with E-state index in [1.807, 2.05) is 36.4 Å². The molecule has 3 rings (SSSR count). The smallest absolute Gasteiger partial charge is 0.260 e. The van der Waals surface area contributed by atoms with Crippen LogP contribution in [-0.4, -0.2) is 10.1 Å². The van der Waals surface area contributed by atoms with Crippen LogP contribution in [0, 0.1) is 0 Å². The normalized spacial score (nSPS) is 10.8. The number of rotatable bonds is 2. The molecule has 0 saturated heterocycles. The standard InChI is InChI=1S/C14H8Br3N3O/c15-7-5-9(12(18)11(17)6-7)14-19-13(20-21-14)8-3-1-2-4-10(8)16/h1-6H,18H2. The largest absolute Gasteiger partial charge is 0.397 e. The van der Waals surface area contributed by atoms with Crippen molar-refractivity contribution in [3.63, 3.8) is 0 Å². The highest BCUT2D eigenvalue weighted by Gasteiger charge is 2.16. The van der Waals surface area contributed by atoms with Crippen molar-refractivity contribution in [3.05, 3.63) is 49.8 Å². The molecule has 106 valence electrons. The fourth-order valence-electron chi connectivity index (χ4n) is 1.85. The van der Waals surface area contributed by atoms with Gasteiger partial charge in [-0.05, 0) is 40.2 Å². The fraction of sp³-hybridized carbons (Fsp3) is 0. The second kappa shape index (κ2) is 5.90. The third-order valence-electron chi connectivity index (χ3n) is 2.87. The number of halogens is 3. The van der Waals surface area contributed by atoms with E-state index in [2.05, 4.69) is 57.9 Å². The second-order valence-corrected chi connectivity index (χ2v) is 6.88. The summed E-state index contributed by atoms with van der Waals surface area (Å²) in [6.45, 7) is 0. The van der Waals surface area contributed by atoms with Crippen LogP contribution in [0.25, 0.3) is 22.8 Å². The molecule has 0 saturated carbocycles. The lowest BCUT2D eigenvalue weighted by Gasteiger charge is -2.04. The minimum absolute atomic E-state index is 0.375. The van der Waals surface area contributed by atoms with E-state index >= 15 is 0 Å². The molecule has 4 nitrogen and oxygen atoms in total. The van der Waals surface area contributed by atoms with Crippen LogP contribution >= 0.6 is 47.8 Å². The number of nitrogen functional groups attached to an aromatic ring is 1. The monoisotopic (exact) mass is 471 g/mol. The zero-order valence-corrected chi connectivity index (χ0v) is 15.2. The number of anilines is 1. The summed E-state index contributed by atoms with van der Waals surface area (Å²) in [7, 11) is 0. The van der Waals surface area contributed by atoms with Crippen LogP contribution < -0.4 is 5.73 Å². The Labute approximate surface area is 146 Å². The lowest BCUT2D eigenvalue weighted by atomic mass is 10.2. The Bertz CT molecular complexity index is 817. The lowest BCUT2D eigenvalue weighted by Crippen LogP contribution is -1.92. The first-order valence-corrected chi connectivity index (χ1v) is 8.27. The Morgan fingerprint density at radius 2 is 1.71 bits per heavy atom. The van der Waals surface area contributed by atoms with Gasteiger partial charge >= 0.3 is 0 Å². The van der Waals surface area contributed by atoms with Crippen molar-refractivity contribution in [2.75, 3.05) is 5.73 Å². The van der Waals surface area contributed by atoms with Gasteiger partial charge in [0.15, 0.2) is 0 Å². The van der Waals surface area contributed by atoms with Gasteiger partial charge < -0.3 is 10.3 Å². The van der Waals surface area contributed by atoms with Crippen LogP contribution in [0.15, 0.2) is 54.3 Å². The average molecular weight is 474 g/mol. The molecule has 0 bridgehead atoms. The molecule has 1 heterocycles. The fourth-order valence-corrected chi connectivity index (χ4v) is 3.53. The highest BCUT2D eigenvalue weighted by Crippen LogP contribution is 2.35. The van der Waals surface area contributed by atoms with E-state index in [-0.39, 0.29) is 0 Å². The van der Waals surface area contributed by atoms with Crippen molar-refractivity contribution < 1.29 is 4.52 Å². The van der Waals surface area contributed by atoms with Crippen LogP contribution in [0.5, 0.6) is 0 Å².